The van der Waals surface area contributed by atoms with Crippen molar-refractivity contribution in [3.8, 4) is 22.5 Å². The Labute approximate surface area is 247 Å². The van der Waals surface area contributed by atoms with Crippen LogP contribution in [0.15, 0.2) is 100 Å². The molecule has 0 amide bonds. The molecular weight excluding hydrogens is 532 g/mol. The average Bonchev–Trinajstić information content (AvgIpc) is 3.78. The quantitative estimate of drug-likeness (QED) is 0.196. The van der Waals surface area contributed by atoms with Gasteiger partial charge in [-0.3, -0.25) is 0 Å². The number of hydrogen-bond acceptors (Lipinski definition) is 2. The van der Waals surface area contributed by atoms with Gasteiger partial charge in [0.25, 0.3) is 0 Å². The zero-order chi connectivity index (χ0) is 28.1. The first kappa shape index (κ1) is 23.1. The molecule has 4 aromatic heterocycles. The van der Waals surface area contributed by atoms with Crippen molar-refractivity contribution >= 4 is 54.9 Å². The summed E-state index contributed by atoms with van der Waals surface area (Å²) in [5.41, 5.74) is 14.0. The van der Waals surface area contributed by atoms with Crippen molar-refractivity contribution in [3.63, 3.8) is 0 Å². The Bertz CT molecular complexity index is 2300. The fourth-order valence-electron chi connectivity index (χ4n) is 8.15. The summed E-state index contributed by atoms with van der Waals surface area (Å²) in [5.74, 6) is 1.03. The van der Waals surface area contributed by atoms with Crippen LogP contribution in [-0.4, -0.2) is 9.13 Å². The van der Waals surface area contributed by atoms with Gasteiger partial charge in [0, 0.05) is 38.4 Å². The van der Waals surface area contributed by atoms with Crippen molar-refractivity contribution in [1.29, 1.82) is 0 Å². The first-order chi connectivity index (χ1) is 20.4. The van der Waals surface area contributed by atoms with Crippen molar-refractivity contribution in [2.75, 3.05) is 0 Å². The Balaban J connectivity index is 1.24. The standard InChI is InChI=1S/C38H28N2OS/c1-37(2)27-9-5-7-23-26-18-22(12-14-31(26)40(34(23)27)33-20-42-19-29(33)37)21-11-13-30-25(17-21)24-8-6-10-28-35(24)39(30)32-15-16-41-36(32)38(28,3)4/h5-20H,1-4H3. The van der Waals surface area contributed by atoms with Gasteiger partial charge in [-0.25, -0.2) is 0 Å². The predicted octanol–water partition coefficient (Wildman–Crippen LogP) is 10.5. The van der Waals surface area contributed by atoms with Gasteiger partial charge in [0.05, 0.1) is 45.1 Å². The van der Waals surface area contributed by atoms with E-state index >= 15 is 0 Å². The van der Waals surface area contributed by atoms with Gasteiger partial charge < -0.3 is 13.6 Å². The lowest BCUT2D eigenvalue weighted by Gasteiger charge is -2.32. The molecule has 2 aliphatic rings. The Morgan fingerprint density at radius 1 is 0.571 bits per heavy atom. The van der Waals surface area contributed by atoms with E-state index in [1.54, 1.807) is 11.3 Å². The molecule has 0 unspecified atom stereocenters. The van der Waals surface area contributed by atoms with Crippen LogP contribution in [0.5, 0.6) is 0 Å². The minimum atomic E-state index is -0.190. The lowest BCUT2D eigenvalue weighted by Crippen LogP contribution is -2.24. The van der Waals surface area contributed by atoms with Crippen LogP contribution in [0, 0.1) is 0 Å². The molecule has 0 aliphatic carbocycles. The molecule has 0 radical (unpaired) electrons. The number of hydrogen-bond donors (Lipinski definition) is 0. The Morgan fingerprint density at radius 2 is 1.17 bits per heavy atom. The number of aromatic nitrogens is 2. The summed E-state index contributed by atoms with van der Waals surface area (Å²) in [6.07, 6.45) is 1.83. The SMILES string of the molecule is CC1(C)c2cscc2-n2c3ccc(-c4ccc5c(c4)c4cccc6c4n5-c4ccoc4C6(C)C)cc3c3cccc1c32. The van der Waals surface area contributed by atoms with Crippen LogP contribution in [0.25, 0.3) is 66.1 Å². The molecule has 0 atom stereocenters. The number of benzene rings is 4. The van der Waals surface area contributed by atoms with Crippen LogP contribution in [0.4, 0.5) is 0 Å². The fraction of sp³-hybridized carbons (Fsp3) is 0.158. The number of para-hydroxylation sites is 2. The van der Waals surface area contributed by atoms with E-state index in [0.717, 1.165) is 11.4 Å². The smallest absolute Gasteiger partial charge is 0.137 e. The third kappa shape index (κ3) is 2.51. The van der Waals surface area contributed by atoms with E-state index in [1.165, 1.54) is 77.1 Å². The van der Waals surface area contributed by atoms with E-state index in [0.29, 0.717) is 0 Å². The zero-order valence-electron chi connectivity index (χ0n) is 23.9. The molecule has 4 aromatic carbocycles. The third-order valence-corrected chi connectivity index (χ3v) is 11.0. The van der Waals surface area contributed by atoms with Crippen molar-refractivity contribution in [2.24, 2.45) is 0 Å². The van der Waals surface area contributed by atoms with Crippen LogP contribution in [-0.2, 0) is 10.8 Å². The summed E-state index contributed by atoms with van der Waals surface area (Å²) >= 11 is 1.80. The highest BCUT2D eigenvalue weighted by Crippen LogP contribution is 2.50. The highest BCUT2D eigenvalue weighted by Gasteiger charge is 2.38. The van der Waals surface area contributed by atoms with Gasteiger partial charge in [-0.1, -0.05) is 62.4 Å². The Kier molecular flexibility index (Phi) is 3.99. The molecule has 0 bridgehead atoms. The molecule has 0 saturated carbocycles. The Hall–Kier alpha value is -4.54. The maximum Gasteiger partial charge on any atom is 0.137 e. The second-order valence-corrected chi connectivity index (χ2v) is 13.8. The molecule has 0 fully saturated rings. The molecule has 2 aliphatic heterocycles. The number of rotatable bonds is 1. The van der Waals surface area contributed by atoms with Crippen molar-refractivity contribution < 1.29 is 4.42 Å². The summed E-state index contributed by atoms with van der Waals surface area (Å²) in [5, 5.41) is 9.87. The number of nitrogens with zero attached hydrogens (tertiary/aromatic N) is 2. The van der Waals surface area contributed by atoms with Crippen LogP contribution in [0.1, 0.15) is 50.1 Å². The summed E-state index contributed by atoms with van der Waals surface area (Å²) in [4.78, 5) is 0. The molecule has 0 N–H and O–H groups in total. The first-order valence-electron chi connectivity index (χ1n) is 14.7. The van der Waals surface area contributed by atoms with E-state index in [1.807, 2.05) is 6.26 Å². The van der Waals surface area contributed by atoms with Gasteiger partial charge in [0.1, 0.15) is 5.76 Å². The summed E-state index contributed by atoms with van der Waals surface area (Å²) in [6, 6.07) is 29.7. The van der Waals surface area contributed by atoms with Gasteiger partial charge in [0.15, 0.2) is 0 Å². The maximum absolute atomic E-state index is 6.08. The lowest BCUT2D eigenvalue weighted by molar-refractivity contribution is 0.425. The lowest BCUT2D eigenvalue weighted by atomic mass is 9.76. The van der Waals surface area contributed by atoms with Gasteiger partial charge >= 0.3 is 0 Å². The predicted molar refractivity (Wildman–Crippen MR) is 175 cm³/mol. The molecule has 10 rings (SSSR count). The van der Waals surface area contributed by atoms with Crippen molar-refractivity contribution in [2.45, 2.75) is 38.5 Å². The normalized spacial score (nSPS) is 16.0. The first-order valence-corrected chi connectivity index (χ1v) is 15.6. The maximum atomic E-state index is 6.08. The molecule has 6 heterocycles. The largest absolute Gasteiger partial charge is 0.466 e. The van der Waals surface area contributed by atoms with Crippen molar-refractivity contribution in [1.82, 2.24) is 9.13 Å². The molecule has 0 spiro atoms. The second-order valence-electron chi connectivity index (χ2n) is 13.1. The van der Waals surface area contributed by atoms with Crippen LogP contribution in [0.3, 0.4) is 0 Å². The molecule has 42 heavy (non-hydrogen) atoms. The molecule has 202 valence electrons. The number of furan rings is 1. The molecule has 3 nitrogen and oxygen atoms in total. The highest BCUT2D eigenvalue weighted by molar-refractivity contribution is 7.08. The van der Waals surface area contributed by atoms with Gasteiger partial charge in [-0.05, 0) is 71.3 Å². The second kappa shape index (κ2) is 7.26. The monoisotopic (exact) mass is 560 g/mol. The van der Waals surface area contributed by atoms with Gasteiger partial charge in [-0.15, -0.1) is 11.3 Å². The highest BCUT2D eigenvalue weighted by atomic mass is 32.1. The third-order valence-electron chi connectivity index (χ3n) is 10.3. The topological polar surface area (TPSA) is 23.0 Å². The fourth-order valence-corrected chi connectivity index (χ4v) is 9.13. The average molecular weight is 561 g/mol. The number of thiophene rings is 1. The van der Waals surface area contributed by atoms with Crippen LogP contribution < -0.4 is 0 Å². The van der Waals surface area contributed by atoms with Gasteiger partial charge in [-0.2, -0.15) is 0 Å². The summed E-state index contributed by atoms with van der Waals surface area (Å²) in [7, 11) is 0. The Morgan fingerprint density at radius 3 is 1.81 bits per heavy atom. The number of fused-ring (bicyclic) bond motifs is 10. The van der Waals surface area contributed by atoms with Crippen LogP contribution in [0.2, 0.25) is 0 Å². The zero-order valence-corrected chi connectivity index (χ0v) is 24.8. The molecule has 4 heteroatoms. The van der Waals surface area contributed by atoms with Gasteiger partial charge in [0.2, 0.25) is 0 Å². The van der Waals surface area contributed by atoms with Crippen molar-refractivity contribution in [3.05, 3.63) is 118 Å². The summed E-state index contributed by atoms with van der Waals surface area (Å²) in [6.45, 7) is 9.26. The van der Waals surface area contributed by atoms with E-state index < -0.39 is 0 Å². The summed E-state index contributed by atoms with van der Waals surface area (Å²) < 4.78 is 11.0. The van der Waals surface area contributed by atoms with E-state index in [2.05, 4.69) is 126 Å². The molecule has 0 saturated heterocycles. The van der Waals surface area contributed by atoms with E-state index in [4.69, 9.17) is 4.42 Å². The minimum Gasteiger partial charge on any atom is -0.466 e. The van der Waals surface area contributed by atoms with E-state index in [9.17, 15) is 0 Å². The molecule has 8 aromatic rings. The minimum absolute atomic E-state index is 0.0206. The molecular formula is C38H28N2OS. The van der Waals surface area contributed by atoms with E-state index in [-0.39, 0.29) is 10.8 Å². The van der Waals surface area contributed by atoms with Crippen LogP contribution >= 0.6 is 11.3 Å².